The molecule has 1 fully saturated rings. The fourth-order valence-corrected chi connectivity index (χ4v) is 2.86. The monoisotopic (exact) mass is 252 g/mol. The number of nitrogens with zero attached hydrogens (tertiary/aromatic N) is 3. The van der Waals surface area contributed by atoms with E-state index in [1.54, 1.807) is 0 Å². The van der Waals surface area contributed by atoms with Crippen molar-refractivity contribution in [1.82, 2.24) is 15.1 Å². The molecule has 5 heteroatoms. The topological polar surface area (TPSA) is 42.2 Å². The number of hydrogen-bond donors (Lipinski definition) is 1. The quantitative estimate of drug-likeness (QED) is 0.816. The van der Waals surface area contributed by atoms with Crippen molar-refractivity contribution in [2.45, 2.75) is 38.8 Å². The highest BCUT2D eigenvalue weighted by atomic mass is 32.2. The summed E-state index contributed by atoms with van der Waals surface area (Å²) in [6, 6.07) is 2.58. The Hall–Kier alpha value is -0.970. The Morgan fingerprint density at radius 2 is 2.59 bits per heavy atom. The Balaban J connectivity index is 1.69. The van der Waals surface area contributed by atoms with Gasteiger partial charge >= 0.3 is 0 Å². The number of aryl methyl sites for hydroxylation is 1. The van der Waals surface area contributed by atoms with Crippen molar-refractivity contribution in [1.29, 1.82) is 0 Å². The molecule has 94 valence electrons. The van der Waals surface area contributed by atoms with Gasteiger partial charge in [-0.05, 0) is 25.3 Å². The van der Waals surface area contributed by atoms with Gasteiger partial charge < -0.3 is 5.32 Å². The summed E-state index contributed by atoms with van der Waals surface area (Å²) in [5.41, 5.74) is 0. The van der Waals surface area contributed by atoms with Crippen LogP contribution < -0.4 is 5.32 Å². The maximum absolute atomic E-state index is 4.61. The lowest BCUT2D eigenvalue weighted by molar-refractivity contribution is 0.565. The maximum atomic E-state index is 4.61. The molecule has 1 saturated heterocycles. The molecule has 1 aliphatic rings. The van der Waals surface area contributed by atoms with E-state index in [4.69, 9.17) is 0 Å². The van der Waals surface area contributed by atoms with E-state index in [-0.39, 0.29) is 0 Å². The lowest BCUT2D eigenvalue weighted by atomic mass is 10.2. The molecule has 0 aliphatic carbocycles. The molecule has 0 aromatic carbocycles. The molecule has 0 amide bonds. The molecule has 0 saturated carbocycles. The summed E-state index contributed by atoms with van der Waals surface area (Å²) >= 11 is 1.85. The number of aliphatic imine (C=N–C) groups is 1. The molecule has 1 N–H and O–H groups in total. The van der Waals surface area contributed by atoms with Crippen LogP contribution in [0, 0.1) is 0 Å². The van der Waals surface area contributed by atoms with Crippen LogP contribution in [0.4, 0.5) is 0 Å². The first-order valence-electron chi connectivity index (χ1n) is 6.29. The molecule has 1 atom stereocenters. The van der Waals surface area contributed by atoms with Gasteiger partial charge in [-0.1, -0.05) is 18.7 Å². The summed E-state index contributed by atoms with van der Waals surface area (Å²) in [5.74, 6) is 1.20. The molecular formula is C12H20N4S. The van der Waals surface area contributed by atoms with Crippen LogP contribution in [0.5, 0.6) is 0 Å². The van der Waals surface area contributed by atoms with Gasteiger partial charge in [-0.2, -0.15) is 5.10 Å². The first-order valence-corrected chi connectivity index (χ1v) is 7.28. The molecule has 1 aliphatic heterocycles. The Labute approximate surface area is 107 Å². The van der Waals surface area contributed by atoms with Gasteiger partial charge in [0.05, 0.1) is 0 Å². The molecular weight excluding hydrogens is 232 g/mol. The van der Waals surface area contributed by atoms with E-state index in [9.17, 15) is 0 Å². The lowest BCUT2D eigenvalue weighted by Gasteiger charge is -2.24. The number of hydrogen-bond acceptors (Lipinski definition) is 3. The van der Waals surface area contributed by atoms with Crippen molar-refractivity contribution >= 4 is 16.9 Å². The molecule has 2 rings (SSSR count). The molecule has 1 aromatic rings. The van der Waals surface area contributed by atoms with Crippen molar-refractivity contribution < 1.29 is 0 Å². The molecule has 0 radical (unpaired) electrons. The van der Waals surface area contributed by atoms with Gasteiger partial charge in [0.15, 0.2) is 5.17 Å². The molecule has 1 unspecified atom stereocenters. The average molecular weight is 252 g/mol. The zero-order valence-corrected chi connectivity index (χ0v) is 11.1. The normalized spacial score (nSPS) is 22.6. The summed E-state index contributed by atoms with van der Waals surface area (Å²) < 4.78 is 1.95. The summed E-state index contributed by atoms with van der Waals surface area (Å²) in [6.45, 7) is 4.06. The zero-order chi connectivity index (χ0) is 11.9. The third kappa shape index (κ3) is 4.07. The molecule has 1 aromatic heterocycles. The third-order valence-corrected chi connectivity index (χ3v) is 3.85. The first kappa shape index (κ1) is 12.5. The standard InChI is InChI=1S/C12H20N4S/c1-2-11-5-10-17-12(15-11)13-6-3-8-16-9-4-7-14-16/h4,7,9,11H,2-3,5-6,8,10H2,1H3,(H,13,15). The van der Waals surface area contributed by atoms with Crippen LogP contribution in [0.15, 0.2) is 23.5 Å². The molecule has 4 nitrogen and oxygen atoms in total. The number of thioether (sulfide) groups is 1. The third-order valence-electron chi connectivity index (χ3n) is 2.89. The Kier molecular flexibility index (Phi) is 4.91. The Bertz CT molecular complexity index is 347. The molecule has 0 spiro atoms. The second kappa shape index (κ2) is 6.69. The second-order valence-electron chi connectivity index (χ2n) is 4.20. The van der Waals surface area contributed by atoms with Gasteiger partial charge in [0, 0.05) is 37.3 Å². The smallest absolute Gasteiger partial charge is 0.156 e. The van der Waals surface area contributed by atoms with Gasteiger partial charge in [0.25, 0.3) is 0 Å². The van der Waals surface area contributed by atoms with Crippen molar-refractivity contribution in [3.63, 3.8) is 0 Å². The van der Waals surface area contributed by atoms with Crippen LogP contribution in [0.25, 0.3) is 0 Å². The Morgan fingerprint density at radius 3 is 3.35 bits per heavy atom. The van der Waals surface area contributed by atoms with E-state index >= 15 is 0 Å². The summed E-state index contributed by atoms with van der Waals surface area (Å²) in [4.78, 5) is 4.61. The van der Waals surface area contributed by atoms with Crippen LogP contribution in [-0.2, 0) is 6.54 Å². The van der Waals surface area contributed by atoms with E-state index in [1.807, 2.05) is 34.9 Å². The van der Waals surface area contributed by atoms with E-state index in [0.717, 1.165) is 24.7 Å². The molecule has 17 heavy (non-hydrogen) atoms. The van der Waals surface area contributed by atoms with Crippen LogP contribution in [-0.4, -0.2) is 33.3 Å². The largest absolute Gasteiger partial charge is 0.362 e. The van der Waals surface area contributed by atoms with E-state index < -0.39 is 0 Å². The first-order chi connectivity index (χ1) is 8.38. The molecule has 2 heterocycles. The lowest BCUT2D eigenvalue weighted by Crippen LogP contribution is -2.37. The van der Waals surface area contributed by atoms with Crippen LogP contribution >= 0.6 is 11.8 Å². The van der Waals surface area contributed by atoms with Gasteiger partial charge in [-0.3, -0.25) is 9.67 Å². The van der Waals surface area contributed by atoms with Crippen molar-refractivity contribution in [2.75, 3.05) is 12.3 Å². The Morgan fingerprint density at radius 1 is 1.65 bits per heavy atom. The van der Waals surface area contributed by atoms with Crippen molar-refractivity contribution in [3.8, 4) is 0 Å². The molecule has 0 bridgehead atoms. The highest BCUT2D eigenvalue weighted by Gasteiger charge is 2.14. The fraction of sp³-hybridized carbons (Fsp3) is 0.667. The SMILES string of the molecule is CCC1CCSC(=NCCCn2cccn2)N1. The second-order valence-corrected chi connectivity index (χ2v) is 5.28. The predicted molar refractivity (Wildman–Crippen MR) is 73.4 cm³/mol. The zero-order valence-electron chi connectivity index (χ0n) is 10.3. The van der Waals surface area contributed by atoms with Gasteiger partial charge in [0.1, 0.15) is 0 Å². The highest BCUT2D eigenvalue weighted by Crippen LogP contribution is 2.15. The number of amidine groups is 1. The number of aromatic nitrogens is 2. The highest BCUT2D eigenvalue weighted by molar-refractivity contribution is 8.13. The van der Waals surface area contributed by atoms with Gasteiger partial charge in [-0.15, -0.1) is 0 Å². The van der Waals surface area contributed by atoms with E-state index in [1.165, 1.54) is 18.6 Å². The van der Waals surface area contributed by atoms with E-state index in [2.05, 4.69) is 22.3 Å². The van der Waals surface area contributed by atoms with Crippen molar-refractivity contribution in [2.24, 2.45) is 4.99 Å². The van der Waals surface area contributed by atoms with E-state index in [0.29, 0.717) is 6.04 Å². The van der Waals surface area contributed by atoms with Gasteiger partial charge in [0.2, 0.25) is 0 Å². The number of rotatable bonds is 5. The summed E-state index contributed by atoms with van der Waals surface area (Å²) in [7, 11) is 0. The minimum Gasteiger partial charge on any atom is -0.362 e. The summed E-state index contributed by atoms with van der Waals surface area (Å²) in [5, 5.41) is 8.79. The predicted octanol–water partition coefficient (Wildman–Crippen LogP) is 2.13. The maximum Gasteiger partial charge on any atom is 0.156 e. The number of nitrogens with one attached hydrogen (secondary N) is 1. The van der Waals surface area contributed by atoms with Crippen molar-refractivity contribution in [3.05, 3.63) is 18.5 Å². The fourth-order valence-electron chi connectivity index (χ4n) is 1.83. The van der Waals surface area contributed by atoms with Crippen LogP contribution in [0.1, 0.15) is 26.2 Å². The minimum atomic E-state index is 0.626. The van der Waals surface area contributed by atoms with Crippen LogP contribution in [0.3, 0.4) is 0 Å². The average Bonchev–Trinajstić information content (AvgIpc) is 2.88. The minimum absolute atomic E-state index is 0.626. The van der Waals surface area contributed by atoms with Gasteiger partial charge in [-0.25, -0.2) is 0 Å². The van der Waals surface area contributed by atoms with Crippen LogP contribution in [0.2, 0.25) is 0 Å². The summed E-state index contributed by atoms with van der Waals surface area (Å²) in [6.07, 6.45) is 7.30.